The lowest BCUT2D eigenvalue weighted by Gasteiger charge is -2.42. The highest BCUT2D eigenvalue weighted by atomic mass is 32.2. The average molecular weight is 259 g/mol. The van der Waals surface area contributed by atoms with Crippen LogP contribution in [0.2, 0.25) is 0 Å². The normalized spacial score (nSPS) is 29.8. The summed E-state index contributed by atoms with van der Waals surface area (Å²) in [6.07, 6.45) is 2.53. The van der Waals surface area contributed by atoms with Gasteiger partial charge in [-0.05, 0) is 31.7 Å². The zero-order valence-corrected chi connectivity index (χ0v) is 12.5. The molecule has 1 aliphatic rings. The first kappa shape index (κ1) is 15.3. The Morgan fingerprint density at radius 2 is 2.12 bits per heavy atom. The van der Waals surface area contributed by atoms with Crippen LogP contribution in [0, 0.1) is 0 Å². The fraction of sp³-hybridized carbons (Fsp3) is 1.00. The van der Waals surface area contributed by atoms with Crippen molar-refractivity contribution in [3.05, 3.63) is 0 Å². The van der Waals surface area contributed by atoms with Gasteiger partial charge in [0.25, 0.3) is 0 Å². The van der Waals surface area contributed by atoms with Gasteiger partial charge in [0.05, 0.1) is 0 Å². The van der Waals surface area contributed by atoms with Crippen molar-refractivity contribution in [1.82, 2.24) is 10.2 Å². The van der Waals surface area contributed by atoms with Gasteiger partial charge in [0.15, 0.2) is 0 Å². The summed E-state index contributed by atoms with van der Waals surface area (Å²) in [4.78, 5) is 2.46. The Morgan fingerprint density at radius 1 is 1.41 bits per heavy atom. The molecule has 0 radical (unpaired) electrons. The molecule has 3 nitrogen and oxygen atoms in total. The molecule has 0 aliphatic carbocycles. The van der Waals surface area contributed by atoms with Crippen molar-refractivity contribution in [2.45, 2.75) is 44.4 Å². The van der Waals surface area contributed by atoms with Crippen LogP contribution in [0.15, 0.2) is 0 Å². The summed E-state index contributed by atoms with van der Waals surface area (Å²) in [5.74, 6) is 1.29. The van der Waals surface area contributed by atoms with Gasteiger partial charge in [0, 0.05) is 30.4 Å². The molecular weight excluding hydrogens is 230 g/mol. The summed E-state index contributed by atoms with van der Waals surface area (Å²) in [6, 6.07) is 0. The second kappa shape index (κ2) is 7.62. The molecule has 1 fully saturated rings. The maximum absolute atomic E-state index is 6.02. The average Bonchev–Trinajstić information content (AvgIpc) is 2.37. The lowest BCUT2D eigenvalue weighted by molar-refractivity contribution is 0.253. The summed E-state index contributed by atoms with van der Waals surface area (Å²) in [5, 5.41) is 4.38. The number of nitrogens with two attached hydrogens (primary N) is 1. The first-order chi connectivity index (χ1) is 8.18. The second-order valence-corrected chi connectivity index (χ2v) is 6.38. The topological polar surface area (TPSA) is 41.3 Å². The number of hydrogen-bond acceptors (Lipinski definition) is 4. The van der Waals surface area contributed by atoms with Crippen LogP contribution in [-0.4, -0.2) is 54.2 Å². The third-order valence-electron chi connectivity index (χ3n) is 4.08. The number of hydrogen-bond donors (Lipinski definition) is 2. The van der Waals surface area contributed by atoms with E-state index in [1.165, 1.54) is 18.6 Å². The van der Waals surface area contributed by atoms with Crippen LogP contribution in [0.3, 0.4) is 0 Å². The summed E-state index contributed by atoms with van der Waals surface area (Å²) in [7, 11) is 0. The van der Waals surface area contributed by atoms with E-state index in [1.54, 1.807) is 0 Å². The van der Waals surface area contributed by atoms with Crippen LogP contribution in [-0.2, 0) is 0 Å². The van der Waals surface area contributed by atoms with Crippen molar-refractivity contribution in [3.8, 4) is 0 Å². The smallest absolute Gasteiger partial charge is 0.0421 e. The number of thioether (sulfide) groups is 1. The predicted octanol–water partition coefficient (Wildman–Crippen LogP) is 1.53. The minimum atomic E-state index is 0.177. The van der Waals surface area contributed by atoms with E-state index in [0.29, 0.717) is 5.25 Å². The van der Waals surface area contributed by atoms with Gasteiger partial charge in [-0.1, -0.05) is 20.8 Å². The molecule has 0 aromatic heterocycles. The van der Waals surface area contributed by atoms with E-state index in [9.17, 15) is 0 Å². The van der Waals surface area contributed by atoms with Crippen LogP contribution < -0.4 is 11.1 Å². The molecule has 0 amide bonds. The maximum Gasteiger partial charge on any atom is 0.0421 e. The maximum atomic E-state index is 6.02. The zero-order chi connectivity index (χ0) is 12.7. The molecule has 4 heteroatoms. The van der Waals surface area contributed by atoms with Crippen LogP contribution in [0.1, 0.15) is 33.6 Å². The van der Waals surface area contributed by atoms with Gasteiger partial charge < -0.3 is 16.0 Å². The molecule has 1 heterocycles. The van der Waals surface area contributed by atoms with Gasteiger partial charge >= 0.3 is 0 Å². The van der Waals surface area contributed by atoms with Crippen molar-refractivity contribution < 1.29 is 0 Å². The molecule has 1 rings (SSSR count). The fourth-order valence-corrected chi connectivity index (χ4v) is 3.87. The minimum absolute atomic E-state index is 0.177. The second-order valence-electron chi connectivity index (χ2n) is 4.93. The quantitative estimate of drug-likeness (QED) is 0.727. The van der Waals surface area contributed by atoms with Crippen molar-refractivity contribution >= 4 is 11.8 Å². The highest BCUT2D eigenvalue weighted by Gasteiger charge is 2.36. The number of rotatable bonds is 7. The fourth-order valence-electron chi connectivity index (χ4n) is 2.59. The highest BCUT2D eigenvalue weighted by Crippen LogP contribution is 2.33. The Balaban J connectivity index is 2.40. The molecule has 17 heavy (non-hydrogen) atoms. The summed E-state index contributed by atoms with van der Waals surface area (Å²) in [5.41, 5.74) is 6.20. The Morgan fingerprint density at radius 3 is 2.65 bits per heavy atom. The summed E-state index contributed by atoms with van der Waals surface area (Å²) >= 11 is 2.06. The third-order valence-corrected chi connectivity index (χ3v) is 5.55. The van der Waals surface area contributed by atoms with Gasteiger partial charge in [-0.3, -0.25) is 0 Å². The first-order valence-electron chi connectivity index (χ1n) is 6.97. The van der Waals surface area contributed by atoms with Gasteiger partial charge in [-0.25, -0.2) is 0 Å². The molecule has 0 aromatic rings. The van der Waals surface area contributed by atoms with Gasteiger partial charge in [0.2, 0.25) is 0 Å². The number of nitrogens with one attached hydrogen (secondary N) is 1. The molecule has 0 bridgehead atoms. The van der Waals surface area contributed by atoms with Crippen LogP contribution >= 0.6 is 11.8 Å². The standard InChI is InChI=1S/C13H29N3S/c1-4-16(5-2)9-8-15-13(11-14)7-6-10-17-12(13)3/h12,15H,4-11,14H2,1-3H3. The molecular formula is C13H29N3S. The molecule has 1 aliphatic heterocycles. The van der Waals surface area contributed by atoms with E-state index in [2.05, 4.69) is 42.7 Å². The lowest BCUT2D eigenvalue weighted by Crippen LogP contribution is -2.60. The van der Waals surface area contributed by atoms with E-state index in [-0.39, 0.29) is 5.54 Å². The third kappa shape index (κ3) is 4.12. The van der Waals surface area contributed by atoms with E-state index in [1.807, 2.05) is 0 Å². The Labute approximate surface area is 111 Å². The van der Waals surface area contributed by atoms with Gasteiger partial charge in [-0.15, -0.1) is 0 Å². The first-order valence-corrected chi connectivity index (χ1v) is 8.02. The minimum Gasteiger partial charge on any atom is -0.329 e. The molecule has 2 unspecified atom stereocenters. The van der Waals surface area contributed by atoms with Gasteiger partial charge in [0.1, 0.15) is 0 Å². The summed E-state index contributed by atoms with van der Waals surface area (Å²) in [6.45, 7) is 12.0. The lowest BCUT2D eigenvalue weighted by atomic mass is 9.89. The Kier molecular flexibility index (Phi) is 6.85. The van der Waals surface area contributed by atoms with Crippen LogP contribution in [0.4, 0.5) is 0 Å². The predicted molar refractivity (Wildman–Crippen MR) is 78.7 cm³/mol. The molecule has 2 atom stereocenters. The van der Waals surface area contributed by atoms with E-state index < -0.39 is 0 Å². The molecule has 0 spiro atoms. The van der Waals surface area contributed by atoms with Crippen molar-refractivity contribution in [1.29, 1.82) is 0 Å². The van der Waals surface area contributed by atoms with Crippen molar-refractivity contribution in [2.75, 3.05) is 38.5 Å². The Bertz CT molecular complexity index is 209. The SMILES string of the molecule is CCN(CC)CCNC1(CN)CCCSC1C. The van der Waals surface area contributed by atoms with Crippen LogP contribution in [0.25, 0.3) is 0 Å². The largest absolute Gasteiger partial charge is 0.329 e. The zero-order valence-electron chi connectivity index (χ0n) is 11.7. The molecule has 0 aromatic carbocycles. The van der Waals surface area contributed by atoms with E-state index >= 15 is 0 Å². The van der Waals surface area contributed by atoms with Crippen LogP contribution in [0.5, 0.6) is 0 Å². The Hall–Kier alpha value is 0.230. The molecule has 102 valence electrons. The monoisotopic (exact) mass is 259 g/mol. The summed E-state index contributed by atoms with van der Waals surface area (Å²) < 4.78 is 0. The molecule has 0 saturated carbocycles. The van der Waals surface area contributed by atoms with E-state index in [0.717, 1.165) is 32.7 Å². The number of nitrogens with zero attached hydrogens (tertiary/aromatic N) is 1. The molecule has 1 saturated heterocycles. The van der Waals surface area contributed by atoms with Gasteiger partial charge in [-0.2, -0.15) is 11.8 Å². The highest BCUT2D eigenvalue weighted by molar-refractivity contribution is 8.00. The number of likely N-dealkylation sites (N-methyl/N-ethyl adjacent to an activating group) is 1. The van der Waals surface area contributed by atoms with E-state index in [4.69, 9.17) is 5.73 Å². The van der Waals surface area contributed by atoms with Crippen molar-refractivity contribution in [3.63, 3.8) is 0 Å². The van der Waals surface area contributed by atoms with Crippen molar-refractivity contribution in [2.24, 2.45) is 5.73 Å². The molecule has 3 N–H and O–H groups in total.